The zero-order valence-corrected chi connectivity index (χ0v) is 16.9. The molecule has 6 rings (SSSR count). The van der Waals surface area contributed by atoms with Crippen molar-refractivity contribution in [3.8, 4) is 28.2 Å². The van der Waals surface area contributed by atoms with Crippen LogP contribution >= 0.6 is 11.3 Å². The minimum atomic E-state index is 0.954. The molecule has 4 aromatic heterocycles. The smallest absolute Gasteiger partial charge is 0.108 e. The fourth-order valence-electron chi connectivity index (χ4n) is 4.04. The minimum Gasteiger partial charge on any atom is -0.301 e. The van der Waals surface area contributed by atoms with Gasteiger partial charge in [-0.3, -0.25) is 9.97 Å². The molecule has 0 unspecified atom stereocenters. The maximum atomic E-state index is 4.59. The first-order valence-electron chi connectivity index (χ1n) is 9.83. The first-order chi connectivity index (χ1) is 14.9. The van der Waals surface area contributed by atoms with E-state index in [4.69, 9.17) is 0 Å². The molecule has 4 heterocycles. The van der Waals surface area contributed by atoms with Crippen molar-refractivity contribution >= 4 is 32.5 Å². The van der Waals surface area contributed by atoms with Crippen LogP contribution < -0.4 is 0 Å². The van der Waals surface area contributed by atoms with Gasteiger partial charge in [-0.2, -0.15) is 0 Å². The predicted molar refractivity (Wildman–Crippen MR) is 125 cm³/mol. The molecule has 0 spiro atoms. The summed E-state index contributed by atoms with van der Waals surface area (Å²) in [7, 11) is 0. The highest BCUT2D eigenvalue weighted by Gasteiger charge is 2.15. The number of fused-ring (bicyclic) bond motifs is 3. The SMILES string of the molecule is c1ccc(-c2cc(-c3ccccn3)cc(-n3c4ccccc4c4ccsc43)c2)nc1. The molecule has 0 saturated heterocycles. The Balaban J connectivity index is 1.68. The van der Waals surface area contributed by atoms with E-state index in [2.05, 4.69) is 80.6 Å². The fourth-order valence-corrected chi connectivity index (χ4v) is 4.99. The van der Waals surface area contributed by atoms with Gasteiger partial charge in [-0.05, 0) is 60.0 Å². The Morgan fingerprint density at radius 1 is 0.633 bits per heavy atom. The van der Waals surface area contributed by atoms with Crippen molar-refractivity contribution < 1.29 is 0 Å². The van der Waals surface area contributed by atoms with Crippen LogP contribution in [-0.2, 0) is 0 Å². The maximum Gasteiger partial charge on any atom is 0.108 e. The first kappa shape index (κ1) is 17.1. The first-order valence-corrected chi connectivity index (χ1v) is 10.7. The largest absolute Gasteiger partial charge is 0.301 e. The molecule has 0 radical (unpaired) electrons. The Morgan fingerprint density at radius 3 is 1.97 bits per heavy atom. The number of rotatable bonds is 3. The lowest BCUT2D eigenvalue weighted by atomic mass is 10.0. The summed E-state index contributed by atoms with van der Waals surface area (Å²) in [4.78, 5) is 10.4. The van der Waals surface area contributed by atoms with Gasteiger partial charge < -0.3 is 4.57 Å². The Bertz CT molecular complexity index is 1420. The molecule has 2 aromatic carbocycles. The van der Waals surface area contributed by atoms with Crippen LogP contribution in [0.5, 0.6) is 0 Å². The van der Waals surface area contributed by atoms with Gasteiger partial charge >= 0.3 is 0 Å². The number of aromatic nitrogens is 3. The van der Waals surface area contributed by atoms with Crippen LogP contribution in [0.2, 0.25) is 0 Å². The van der Waals surface area contributed by atoms with Crippen molar-refractivity contribution in [1.82, 2.24) is 14.5 Å². The highest BCUT2D eigenvalue weighted by Crippen LogP contribution is 2.37. The predicted octanol–water partition coefficient (Wildman–Crippen LogP) is 6.97. The second-order valence-corrected chi connectivity index (χ2v) is 8.09. The van der Waals surface area contributed by atoms with Gasteiger partial charge in [0.15, 0.2) is 0 Å². The number of thiophene rings is 1. The van der Waals surface area contributed by atoms with Crippen molar-refractivity contribution in [2.24, 2.45) is 0 Å². The third kappa shape index (κ3) is 2.73. The molecule has 0 atom stereocenters. The third-order valence-corrected chi connectivity index (χ3v) is 6.28. The monoisotopic (exact) mass is 403 g/mol. The van der Waals surface area contributed by atoms with E-state index in [0.29, 0.717) is 0 Å². The maximum absolute atomic E-state index is 4.59. The van der Waals surface area contributed by atoms with E-state index in [1.165, 1.54) is 21.1 Å². The molecule has 0 fully saturated rings. The van der Waals surface area contributed by atoms with Gasteiger partial charge in [-0.25, -0.2) is 0 Å². The van der Waals surface area contributed by atoms with Gasteiger partial charge in [-0.15, -0.1) is 11.3 Å². The molecule has 0 bridgehead atoms. The van der Waals surface area contributed by atoms with Crippen LogP contribution in [0.1, 0.15) is 0 Å². The zero-order chi connectivity index (χ0) is 19.9. The molecule has 0 aliphatic heterocycles. The van der Waals surface area contributed by atoms with Gasteiger partial charge in [0.25, 0.3) is 0 Å². The van der Waals surface area contributed by atoms with E-state index in [1.807, 2.05) is 36.7 Å². The number of hydrogen-bond donors (Lipinski definition) is 0. The van der Waals surface area contributed by atoms with Crippen molar-refractivity contribution in [1.29, 1.82) is 0 Å². The molecule has 6 aromatic rings. The topological polar surface area (TPSA) is 30.7 Å². The summed E-state index contributed by atoms with van der Waals surface area (Å²) in [5, 5.41) is 4.73. The van der Waals surface area contributed by atoms with E-state index in [-0.39, 0.29) is 0 Å². The Morgan fingerprint density at radius 2 is 1.30 bits per heavy atom. The number of hydrogen-bond acceptors (Lipinski definition) is 3. The van der Waals surface area contributed by atoms with E-state index in [0.717, 1.165) is 28.2 Å². The average molecular weight is 404 g/mol. The van der Waals surface area contributed by atoms with Crippen LogP contribution in [0.25, 0.3) is 49.3 Å². The van der Waals surface area contributed by atoms with Crippen LogP contribution in [0.3, 0.4) is 0 Å². The van der Waals surface area contributed by atoms with Crippen molar-refractivity contribution in [3.63, 3.8) is 0 Å². The van der Waals surface area contributed by atoms with Gasteiger partial charge in [0.2, 0.25) is 0 Å². The highest BCUT2D eigenvalue weighted by molar-refractivity contribution is 7.17. The molecular formula is C26H17N3S. The van der Waals surface area contributed by atoms with Crippen molar-refractivity contribution in [3.05, 3.63) is 103 Å². The lowest BCUT2D eigenvalue weighted by Gasteiger charge is -2.12. The summed E-state index contributed by atoms with van der Waals surface area (Å²) in [5.74, 6) is 0. The van der Waals surface area contributed by atoms with Gasteiger partial charge in [0.1, 0.15) is 4.83 Å². The Hall–Kier alpha value is -3.76. The molecule has 30 heavy (non-hydrogen) atoms. The number of benzene rings is 2. The zero-order valence-electron chi connectivity index (χ0n) is 16.1. The number of pyridine rings is 2. The van der Waals surface area contributed by atoms with Crippen LogP contribution in [-0.4, -0.2) is 14.5 Å². The molecule has 0 aliphatic carbocycles. The number of nitrogens with zero attached hydrogens (tertiary/aromatic N) is 3. The summed E-state index contributed by atoms with van der Waals surface area (Å²) < 4.78 is 2.36. The van der Waals surface area contributed by atoms with Gasteiger partial charge in [-0.1, -0.05) is 30.3 Å². The Kier molecular flexibility index (Phi) is 3.96. The van der Waals surface area contributed by atoms with Crippen LogP contribution in [0.15, 0.2) is 103 Å². The van der Waals surface area contributed by atoms with Crippen molar-refractivity contribution in [2.75, 3.05) is 0 Å². The lowest BCUT2D eigenvalue weighted by Crippen LogP contribution is -1.96. The van der Waals surface area contributed by atoms with Gasteiger partial charge in [0, 0.05) is 40.0 Å². The molecule has 0 saturated carbocycles. The third-order valence-electron chi connectivity index (χ3n) is 5.38. The second kappa shape index (κ2) is 6.94. The van der Waals surface area contributed by atoms with E-state index in [1.54, 1.807) is 11.3 Å². The molecule has 0 aliphatic rings. The summed E-state index contributed by atoms with van der Waals surface area (Å²) in [5.41, 5.74) is 6.40. The van der Waals surface area contributed by atoms with E-state index >= 15 is 0 Å². The highest BCUT2D eigenvalue weighted by atomic mass is 32.1. The molecule has 0 amide bonds. The molecule has 142 valence electrons. The summed E-state index contributed by atoms with van der Waals surface area (Å²) in [6, 6.07) is 29.5. The van der Waals surface area contributed by atoms with Crippen LogP contribution in [0.4, 0.5) is 0 Å². The normalized spacial score (nSPS) is 11.3. The molecular weight excluding hydrogens is 386 g/mol. The van der Waals surface area contributed by atoms with E-state index in [9.17, 15) is 0 Å². The second-order valence-electron chi connectivity index (χ2n) is 7.19. The summed E-state index contributed by atoms with van der Waals surface area (Å²) >= 11 is 1.77. The van der Waals surface area contributed by atoms with E-state index < -0.39 is 0 Å². The quantitative estimate of drug-likeness (QED) is 0.319. The lowest BCUT2D eigenvalue weighted by molar-refractivity contribution is 1.19. The molecule has 4 heteroatoms. The standard InChI is InChI=1S/C26H17N3S/c1-2-10-25-21(7-1)22-11-14-30-26(22)29(25)20-16-18(23-8-3-5-12-27-23)15-19(17-20)24-9-4-6-13-28-24/h1-17H. The Labute approximate surface area is 177 Å². The average Bonchev–Trinajstić information content (AvgIpc) is 3.41. The van der Waals surface area contributed by atoms with Crippen molar-refractivity contribution in [2.45, 2.75) is 0 Å². The summed E-state index contributed by atoms with van der Waals surface area (Å²) in [6.45, 7) is 0. The molecule has 3 nitrogen and oxygen atoms in total. The summed E-state index contributed by atoms with van der Waals surface area (Å²) in [6.07, 6.45) is 3.68. The number of para-hydroxylation sites is 1. The molecule has 0 N–H and O–H groups in total. The van der Waals surface area contributed by atoms with Gasteiger partial charge in [0.05, 0.1) is 16.9 Å². The van der Waals surface area contributed by atoms with Crippen LogP contribution in [0, 0.1) is 0 Å². The minimum absolute atomic E-state index is 0.954. The fraction of sp³-hybridized carbons (Fsp3) is 0.